The van der Waals surface area contributed by atoms with Crippen molar-refractivity contribution in [3.8, 4) is 0 Å². The van der Waals surface area contributed by atoms with Crippen LogP contribution in [-0.4, -0.2) is 39.2 Å². The van der Waals surface area contributed by atoms with Crippen LogP contribution < -0.4 is 4.57 Å². The minimum atomic E-state index is -0.574. The fourth-order valence-corrected chi connectivity index (χ4v) is 5.15. The van der Waals surface area contributed by atoms with Gasteiger partial charge in [0.2, 0.25) is 11.9 Å². The van der Waals surface area contributed by atoms with Gasteiger partial charge in [-0.3, -0.25) is 14.6 Å². The van der Waals surface area contributed by atoms with E-state index in [9.17, 15) is 9.59 Å². The normalized spacial score (nSPS) is 21.7. The van der Waals surface area contributed by atoms with Crippen LogP contribution in [0.5, 0.6) is 0 Å². The lowest BCUT2D eigenvalue weighted by atomic mass is 9.95. The summed E-state index contributed by atoms with van der Waals surface area (Å²) in [6, 6.07) is 9.17. The molecule has 0 bridgehead atoms. The Labute approximate surface area is 176 Å². The lowest BCUT2D eigenvalue weighted by Gasteiger charge is -2.33. The van der Waals surface area contributed by atoms with Gasteiger partial charge < -0.3 is 0 Å². The van der Waals surface area contributed by atoms with Gasteiger partial charge in [0.05, 0.1) is 12.6 Å². The molecule has 156 valence electrons. The molecule has 1 saturated carbocycles. The largest absolute Gasteiger partial charge is 0.402 e. The van der Waals surface area contributed by atoms with Crippen molar-refractivity contribution in [2.24, 2.45) is 4.99 Å². The highest BCUT2D eigenvalue weighted by Crippen LogP contribution is 2.37. The lowest BCUT2D eigenvalue weighted by molar-refractivity contribution is -0.683. The zero-order chi connectivity index (χ0) is 21.0. The molecule has 3 amide bonds. The van der Waals surface area contributed by atoms with Gasteiger partial charge in [0, 0.05) is 7.05 Å². The molecule has 2 aromatic rings. The van der Waals surface area contributed by atoms with Crippen molar-refractivity contribution in [1.82, 2.24) is 14.4 Å². The summed E-state index contributed by atoms with van der Waals surface area (Å²) in [5.74, 6) is 1.15. The Kier molecular flexibility index (Phi) is 4.49. The van der Waals surface area contributed by atoms with Crippen molar-refractivity contribution in [3.63, 3.8) is 0 Å². The van der Waals surface area contributed by atoms with Crippen LogP contribution in [-0.2, 0) is 11.3 Å². The Bertz CT molecular complexity index is 1050. The number of hydrogen-bond donors (Lipinski definition) is 0. The van der Waals surface area contributed by atoms with Gasteiger partial charge in [0.25, 0.3) is 5.91 Å². The van der Waals surface area contributed by atoms with Crippen LogP contribution in [0.3, 0.4) is 0 Å². The van der Waals surface area contributed by atoms with E-state index in [0.29, 0.717) is 11.9 Å². The topological polar surface area (TPSA) is 61.8 Å². The van der Waals surface area contributed by atoms with Gasteiger partial charge in [0.15, 0.2) is 0 Å². The fraction of sp³-hybridized carbons (Fsp3) is 0.478. The molecule has 1 saturated heterocycles. The number of aromatic nitrogens is 2. The fourth-order valence-electron chi connectivity index (χ4n) is 5.15. The van der Waals surface area contributed by atoms with Gasteiger partial charge >= 0.3 is 12.0 Å². The number of urea groups is 1. The van der Waals surface area contributed by atoms with E-state index in [0.717, 1.165) is 30.0 Å². The van der Waals surface area contributed by atoms with Crippen LogP contribution in [0.25, 0.3) is 0 Å². The summed E-state index contributed by atoms with van der Waals surface area (Å²) in [7, 11) is 1.72. The molecule has 7 nitrogen and oxygen atoms in total. The molecule has 0 radical (unpaired) electrons. The van der Waals surface area contributed by atoms with Crippen LogP contribution in [0.4, 0.5) is 10.7 Å². The highest BCUT2D eigenvalue weighted by atomic mass is 16.2. The molecular weight excluding hydrogens is 378 g/mol. The summed E-state index contributed by atoms with van der Waals surface area (Å²) in [5.41, 5.74) is 3.15. The number of amides is 3. The van der Waals surface area contributed by atoms with Crippen molar-refractivity contribution in [1.29, 1.82) is 0 Å². The molecule has 1 aromatic carbocycles. The first-order valence-electron chi connectivity index (χ1n) is 10.8. The van der Waals surface area contributed by atoms with Crippen molar-refractivity contribution in [3.05, 3.63) is 47.3 Å². The zero-order valence-corrected chi connectivity index (χ0v) is 17.8. The number of imidazole rings is 1. The van der Waals surface area contributed by atoms with Crippen molar-refractivity contribution < 1.29 is 14.2 Å². The van der Waals surface area contributed by atoms with Crippen LogP contribution in [0.1, 0.15) is 61.1 Å². The van der Waals surface area contributed by atoms with Gasteiger partial charge in [0.1, 0.15) is 11.4 Å². The van der Waals surface area contributed by atoms with Gasteiger partial charge in [-0.15, -0.1) is 0 Å². The van der Waals surface area contributed by atoms with Crippen LogP contribution in [0, 0.1) is 13.8 Å². The number of imide groups is 1. The molecule has 3 aliphatic rings. The number of benzene rings is 1. The number of carbonyl (C=O) groups excluding carboxylic acids is 2. The molecule has 0 N–H and O–H groups in total. The highest BCUT2D eigenvalue weighted by molar-refractivity contribution is 6.19. The molecule has 7 heteroatoms. The molecule has 5 rings (SSSR count). The van der Waals surface area contributed by atoms with E-state index in [2.05, 4.69) is 18.4 Å². The number of carbonyl (C=O) groups is 2. The number of rotatable bonds is 3. The quantitative estimate of drug-likeness (QED) is 0.732. The summed E-state index contributed by atoms with van der Waals surface area (Å²) in [6.45, 7) is 4.44. The molecule has 1 aromatic heterocycles. The van der Waals surface area contributed by atoms with E-state index in [1.165, 1.54) is 29.9 Å². The second-order valence-corrected chi connectivity index (χ2v) is 8.63. The highest BCUT2D eigenvalue weighted by Gasteiger charge is 2.54. The van der Waals surface area contributed by atoms with E-state index < -0.39 is 6.04 Å². The average Bonchev–Trinajstić information content (AvgIpc) is 3.26. The van der Waals surface area contributed by atoms with Crippen LogP contribution in [0.2, 0.25) is 0 Å². The van der Waals surface area contributed by atoms with Gasteiger partial charge in [-0.05, 0) is 45.1 Å². The predicted molar refractivity (Wildman–Crippen MR) is 113 cm³/mol. The molecule has 2 fully saturated rings. The molecule has 0 spiro atoms. The number of hydrogen-bond acceptors (Lipinski definition) is 3. The van der Waals surface area contributed by atoms with Gasteiger partial charge in [-0.1, -0.05) is 41.7 Å². The molecule has 1 unspecified atom stereocenters. The summed E-state index contributed by atoms with van der Waals surface area (Å²) in [5, 5.41) is 0. The summed E-state index contributed by atoms with van der Waals surface area (Å²) in [6.07, 6.45) is 6.01. The molecule has 3 heterocycles. The van der Waals surface area contributed by atoms with E-state index in [4.69, 9.17) is 4.99 Å². The number of likely N-dealkylation sites (N-methyl/N-ethyl adjacent to an activating group) is 1. The number of nitrogens with zero attached hydrogens (tertiary/aromatic N) is 5. The molecule has 30 heavy (non-hydrogen) atoms. The molecule has 2 aliphatic heterocycles. The van der Waals surface area contributed by atoms with E-state index in [1.54, 1.807) is 11.9 Å². The van der Waals surface area contributed by atoms with Crippen molar-refractivity contribution in [2.75, 3.05) is 7.05 Å². The standard InChI is InChI=1S/C23H28N5O2/c1-15-16(2)28-19-20(24-22(28)27(15)18-12-8-5-9-13-18)25(3)23(30)26(21(19)29)14-17-10-6-4-7-11-17/h4,6-7,10-11,18-19H,5,8-9,12-14H2,1-3H3/q+1. The Hall–Kier alpha value is -2.96. The van der Waals surface area contributed by atoms with E-state index in [-0.39, 0.29) is 18.5 Å². The Morgan fingerprint density at radius 2 is 1.77 bits per heavy atom. The maximum Gasteiger partial charge on any atom is 0.402 e. The maximum atomic E-state index is 13.5. The third kappa shape index (κ3) is 2.71. The van der Waals surface area contributed by atoms with Crippen molar-refractivity contribution in [2.45, 2.75) is 64.6 Å². The third-order valence-corrected chi connectivity index (χ3v) is 6.88. The third-order valence-electron chi connectivity index (χ3n) is 6.88. The lowest BCUT2D eigenvalue weighted by Crippen LogP contribution is -2.63. The Morgan fingerprint density at radius 3 is 2.47 bits per heavy atom. The van der Waals surface area contributed by atoms with Crippen LogP contribution in [0.15, 0.2) is 35.3 Å². The SMILES string of the molecule is Cc1c(C)[n+]2c(n1C1CCCCC1)N=C1C2C(=O)N(Cc2ccccc2)C(=O)N1C. The zero-order valence-electron chi connectivity index (χ0n) is 17.8. The number of fused-ring (bicyclic) bond motifs is 3. The molecule has 1 atom stereocenters. The summed E-state index contributed by atoms with van der Waals surface area (Å²) < 4.78 is 4.36. The summed E-state index contributed by atoms with van der Waals surface area (Å²) >= 11 is 0. The van der Waals surface area contributed by atoms with Gasteiger partial charge in [-0.2, -0.15) is 0 Å². The Morgan fingerprint density at radius 1 is 1.07 bits per heavy atom. The first-order chi connectivity index (χ1) is 14.5. The average molecular weight is 407 g/mol. The second kappa shape index (κ2) is 7.07. The monoisotopic (exact) mass is 406 g/mol. The van der Waals surface area contributed by atoms with Crippen molar-refractivity contribution >= 4 is 23.7 Å². The first-order valence-corrected chi connectivity index (χ1v) is 10.8. The minimum absolute atomic E-state index is 0.201. The Balaban J connectivity index is 1.56. The number of aliphatic imine (C=N–C) groups is 1. The smallest absolute Gasteiger partial charge is 0.270 e. The maximum absolute atomic E-state index is 13.5. The first kappa shape index (κ1) is 19.0. The van der Waals surface area contributed by atoms with E-state index in [1.807, 2.05) is 34.9 Å². The van der Waals surface area contributed by atoms with Gasteiger partial charge in [-0.25, -0.2) is 13.9 Å². The molecular formula is C23H28N5O2+. The minimum Gasteiger partial charge on any atom is -0.270 e. The summed E-state index contributed by atoms with van der Waals surface area (Å²) in [4.78, 5) is 34.3. The van der Waals surface area contributed by atoms with E-state index >= 15 is 0 Å². The second-order valence-electron chi connectivity index (χ2n) is 8.63. The number of amidine groups is 1. The van der Waals surface area contributed by atoms with Crippen LogP contribution >= 0.6 is 0 Å². The molecule has 1 aliphatic carbocycles. The predicted octanol–water partition coefficient (Wildman–Crippen LogP) is 3.58.